The number of nitroso groups, excluding NO2 is 1. The topological polar surface area (TPSA) is 109 Å². The maximum Gasteiger partial charge on any atom is 0.229 e. The first-order valence-electron chi connectivity index (χ1n) is 8.15. The van der Waals surface area contributed by atoms with Crippen molar-refractivity contribution in [1.29, 1.82) is 0 Å². The zero-order chi connectivity index (χ0) is 19.6. The Bertz CT molecular complexity index is 833. The Morgan fingerprint density at radius 2 is 1.81 bits per heavy atom. The average molecular weight is 381 g/mol. The smallest absolute Gasteiger partial charge is 0.229 e. The van der Waals surface area contributed by atoms with Gasteiger partial charge in [0.2, 0.25) is 6.29 Å². The van der Waals surface area contributed by atoms with Gasteiger partial charge < -0.3 is 24.8 Å². The molecular weight excluding hydrogens is 364 g/mol. The summed E-state index contributed by atoms with van der Waals surface area (Å²) in [5.41, 5.74) is 0.675. The van der Waals surface area contributed by atoms with Crippen molar-refractivity contribution in [3.63, 3.8) is 0 Å². The van der Waals surface area contributed by atoms with Crippen LogP contribution in [0.15, 0.2) is 41.6 Å². The van der Waals surface area contributed by atoms with Gasteiger partial charge in [0, 0.05) is 6.42 Å². The maximum atomic E-state index is 14.4. The van der Waals surface area contributed by atoms with E-state index in [0.717, 1.165) is 18.2 Å². The number of halogens is 2. The summed E-state index contributed by atoms with van der Waals surface area (Å²) >= 11 is 0. The number of nitrogens with zero attached hydrogens (tertiary/aromatic N) is 1. The van der Waals surface area contributed by atoms with Crippen molar-refractivity contribution >= 4 is 0 Å². The first-order valence-corrected chi connectivity index (χ1v) is 8.15. The Balaban J connectivity index is 1.82. The molecule has 0 bridgehead atoms. The van der Waals surface area contributed by atoms with Crippen LogP contribution in [0.4, 0.5) is 8.78 Å². The number of hydrogen-bond donors (Lipinski definition) is 3. The minimum atomic E-state index is -1.37. The molecule has 7 nitrogen and oxygen atoms in total. The summed E-state index contributed by atoms with van der Waals surface area (Å²) in [5, 5.41) is 31.1. The highest BCUT2D eigenvalue weighted by molar-refractivity contribution is 5.65. The Kier molecular flexibility index (Phi) is 5.64. The minimum Gasteiger partial charge on any atom is -0.505 e. The summed E-state index contributed by atoms with van der Waals surface area (Å²) in [4.78, 5) is 11.0. The van der Waals surface area contributed by atoms with Crippen molar-refractivity contribution in [2.75, 3.05) is 6.61 Å². The van der Waals surface area contributed by atoms with Crippen LogP contribution in [-0.2, 0) is 4.74 Å². The fraction of sp³-hybridized carbons (Fsp3) is 0.333. The SMILES string of the molecule is O=N[C@@H]1[C@@H](Oc2ccc(-c3ccc(O)c(F)c3)cc2F)O[C@H](CO)C[C@@H]1O. The van der Waals surface area contributed by atoms with Crippen molar-refractivity contribution in [2.45, 2.75) is 31.0 Å². The number of aromatic hydroxyl groups is 1. The van der Waals surface area contributed by atoms with Gasteiger partial charge in [0.05, 0.1) is 18.8 Å². The molecule has 1 saturated heterocycles. The van der Waals surface area contributed by atoms with Crippen molar-refractivity contribution in [3.05, 3.63) is 52.9 Å². The second-order valence-corrected chi connectivity index (χ2v) is 6.14. The van der Waals surface area contributed by atoms with Gasteiger partial charge in [0.25, 0.3) is 0 Å². The van der Waals surface area contributed by atoms with Gasteiger partial charge in [-0.1, -0.05) is 17.3 Å². The zero-order valence-corrected chi connectivity index (χ0v) is 14.0. The number of phenols is 1. The Morgan fingerprint density at radius 1 is 1.15 bits per heavy atom. The Hall–Kier alpha value is -2.62. The van der Waals surface area contributed by atoms with Gasteiger partial charge in [-0.15, -0.1) is 0 Å². The first kappa shape index (κ1) is 19.2. The number of hydrogen-bond acceptors (Lipinski definition) is 7. The first-order chi connectivity index (χ1) is 12.9. The molecule has 0 aliphatic carbocycles. The molecule has 1 aliphatic rings. The third kappa shape index (κ3) is 4.05. The summed E-state index contributed by atoms with van der Waals surface area (Å²) in [6, 6.07) is 6.16. The normalized spacial score (nSPS) is 25.2. The van der Waals surface area contributed by atoms with Crippen molar-refractivity contribution < 1.29 is 33.6 Å². The quantitative estimate of drug-likeness (QED) is 0.686. The van der Waals surface area contributed by atoms with Crippen LogP contribution in [0.1, 0.15) is 6.42 Å². The lowest BCUT2D eigenvalue weighted by molar-refractivity contribution is -0.195. The van der Waals surface area contributed by atoms with Crippen molar-refractivity contribution in [1.82, 2.24) is 0 Å². The van der Waals surface area contributed by atoms with E-state index in [1.807, 2.05) is 0 Å². The maximum absolute atomic E-state index is 14.4. The van der Waals surface area contributed by atoms with Crippen LogP contribution in [0, 0.1) is 16.5 Å². The molecule has 2 aromatic rings. The number of aliphatic hydroxyl groups is 2. The van der Waals surface area contributed by atoms with E-state index in [9.17, 15) is 29.0 Å². The van der Waals surface area contributed by atoms with Gasteiger partial charge in [-0.25, -0.2) is 8.78 Å². The average Bonchev–Trinajstić information content (AvgIpc) is 2.65. The summed E-state index contributed by atoms with van der Waals surface area (Å²) in [6.45, 7) is -0.406. The number of ether oxygens (including phenoxy) is 2. The monoisotopic (exact) mass is 381 g/mol. The molecule has 9 heteroatoms. The van der Waals surface area contributed by atoms with Crippen LogP contribution in [0.2, 0.25) is 0 Å². The lowest BCUT2D eigenvalue weighted by Gasteiger charge is -2.35. The molecule has 0 aromatic heterocycles. The second kappa shape index (κ2) is 7.95. The Labute approximate surface area is 152 Å². The van der Waals surface area contributed by atoms with Gasteiger partial charge in [0.15, 0.2) is 29.2 Å². The molecule has 27 heavy (non-hydrogen) atoms. The van der Waals surface area contributed by atoms with Gasteiger partial charge in [0.1, 0.15) is 0 Å². The fourth-order valence-electron chi connectivity index (χ4n) is 2.84. The minimum absolute atomic E-state index is 0.000598. The van der Waals surface area contributed by atoms with Crippen LogP contribution < -0.4 is 4.74 Å². The van der Waals surface area contributed by atoms with Crippen LogP contribution in [-0.4, -0.2) is 46.5 Å². The van der Waals surface area contributed by atoms with E-state index in [1.165, 1.54) is 18.2 Å². The van der Waals surface area contributed by atoms with E-state index in [4.69, 9.17) is 9.47 Å². The molecule has 3 rings (SSSR count). The summed E-state index contributed by atoms with van der Waals surface area (Å²) in [6.07, 6.45) is -3.33. The molecule has 1 heterocycles. The second-order valence-electron chi connectivity index (χ2n) is 6.14. The van der Waals surface area contributed by atoms with Crippen LogP contribution in [0.3, 0.4) is 0 Å². The van der Waals surface area contributed by atoms with E-state index in [0.29, 0.717) is 11.1 Å². The number of aliphatic hydroxyl groups excluding tert-OH is 2. The molecule has 0 spiro atoms. The van der Waals surface area contributed by atoms with Crippen molar-refractivity contribution in [3.8, 4) is 22.6 Å². The highest BCUT2D eigenvalue weighted by Crippen LogP contribution is 2.31. The highest BCUT2D eigenvalue weighted by atomic mass is 19.1. The molecule has 0 saturated carbocycles. The Morgan fingerprint density at radius 3 is 2.41 bits per heavy atom. The van der Waals surface area contributed by atoms with E-state index in [1.54, 1.807) is 0 Å². The third-order valence-corrected chi connectivity index (χ3v) is 4.29. The molecular formula is C18H17F2NO6. The van der Waals surface area contributed by atoms with Gasteiger partial charge in [-0.05, 0) is 35.4 Å². The summed E-state index contributed by atoms with van der Waals surface area (Å²) < 4.78 is 38.6. The predicted octanol–water partition coefficient (Wildman–Crippen LogP) is 2.32. The number of phenolic OH excluding ortho intramolecular Hbond substituents is 1. The molecule has 0 amide bonds. The molecule has 144 valence electrons. The van der Waals surface area contributed by atoms with E-state index in [2.05, 4.69) is 5.18 Å². The molecule has 2 aromatic carbocycles. The lowest BCUT2D eigenvalue weighted by atomic mass is 10.0. The van der Waals surface area contributed by atoms with Crippen LogP contribution in [0.25, 0.3) is 11.1 Å². The fourth-order valence-corrected chi connectivity index (χ4v) is 2.84. The van der Waals surface area contributed by atoms with Gasteiger partial charge in [-0.2, -0.15) is 4.91 Å². The molecule has 1 aliphatic heterocycles. The third-order valence-electron chi connectivity index (χ3n) is 4.29. The lowest BCUT2D eigenvalue weighted by Crippen LogP contribution is -2.50. The zero-order valence-electron chi connectivity index (χ0n) is 14.0. The summed E-state index contributed by atoms with van der Waals surface area (Å²) in [5.74, 6) is -2.43. The van der Waals surface area contributed by atoms with E-state index in [-0.39, 0.29) is 12.2 Å². The molecule has 0 radical (unpaired) electrons. The van der Waals surface area contributed by atoms with E-state index >= 15 is 0 Å². The molecule has 1 fully saturated rings. The summed E-state index contributed by atoms with van der Waals surface area (Å²) in [7, 11) is 0. The number of benzene rings is 2. The number of rotatable bonds is 5. The predicted molar refractivity (Wildman–Crippen MR) is 90.0 cm³/mol. The molecule has 3 N–H and O–H groups in total. The molecule has 4 atom stereocenters. The van der Waals surface area contributed by atoms with Crippen molar-refractivity contribution in [2.24, 2.45) is 5.18 Å². The van der Waals surface area contributed by atoms with E-state index < -0.39 is 48.5 Å². The highest BCUT2D eigenvalue weighted by Gasteiger charge is 2.40. The van der Waals surface area contributed by atoms with Gasteiger partial charge >= 0.3 is 0 Å². The van der Waals surface area contributed by atoms with Crippen LogP contribution >= 0.6 is 0 Å². The largest absolute Gasteiger partial charge is 0.505 e. The molecule has 0 unspecified atom stereocenters. The standard InChI is InChI=1S/C18H17F2NO6/c19-12-5-9(1-3-14(12)23)10-2-4-16(13(20)6-10)27-18-17(21-25)15(24)7-11(8-22)26-18/h1-6,11,15,17-18,22-24H,7-8H2/t11-,15-,17-,18+/m0/s1. The van der Waals surface area contributed by atoms with Gasteiger partial charge in [-0.3, -0.25) is 0 Å². The van der Waals surface area contributed by atoms with Crippen LogP contribution in [0.5, 0.6) is 11.5 Å².